The zero-order chi connectivity index (χ0) is 15.0. The van der Waals surface area contributed by atoms with Crippen molar-refractivity contribution >= 4 is 23.9 Å². The molecule has 6 nitrogen and oxygen atoms in total. The molecule has 6 heteroatoms. The van der Waals surface area contributed by atoms with Crippen LogP contribution in [-0.4, -0.2) is 27.8 Å². The zero-order valence-electron chi connectivity index (χ0n) is 10.8. The molecule has 0 aliphatic carbocycles. The van der Waals surface area contributed by atoms with E-state index in [0.717, 1.165) is 11.6 Å². The van der Waals surface area contributed by atoms with E-state index in [0.29, 0.717) is 5.06 Å². The number of hydroxylamine groups is 2. The van der Waals surface area contributed by atoms with Gasteiger partial charge in [0.25, 0.3) is 11.8 Å². The Hall–Kier alpha value is -2.76. The molecule has 0 saturated carbocycles. The molecule has 104 valence electrons. The maximum Gasteiger partial charge on any atom is 0.356 e. The number of amides is 2. The van der Waals surface area contributed by atoms with Crippen molar-refractivity contribution in [1.82, 2.24) is 10.0 Å². The summed E-state index contributed by atoms with van der Waals surface area (Å²) >= 11 is 0. The highest BCUT2D eigenvalue weighted by Gasteiger charge is 2.32. The molecule has 0 aromatic carbocycles. The molecule has 0 spiro atoms. The van der Waals surface area contributed by atoms with Crippen LogP contribution in [-0.2, 0) is 19.2 Å². The van der Waals surface area contributed by atoms with Gasteiger partial charge in [-0.2, -0.15) is 0 Å². The second-order valence-corrected chi connectivity index (χ2v) is 3.68. The molecular weight excluding hydrogens is 260 g/mol. The van der Waals surface area contributed by atoms with Crippen molar-refractivity contribution in [3.63, 3.8) is 0 Å². The third-order valence-corrected chi connectivity index (χ3v) is 2.30. The van der Waals surface area contributed by atoms with Crippen LogP contribution in [0.1, 0.15) is 18.4 Å². The molecule has 20 heavy (non-hydrogen) atoms. The van der Waals surface area contributed by atoms with E-state index >= 15 is 0 Å². The van der Waals surface area contributed by atoms with Crippen LogP contribution in [0.5, 0.6) is 0 Å². The van der Waals surface area contributed by atoms with Gasteiger partial charge in [0.2, 0.25) is 0 Å². The van der Waals surface area contributed by atoms with Gasteiger partial charge in [0.05, 0.1) is 0 Å². The predicted molar refractivity (Wildman–Crippen MR) is 71.7 cm³/mol. The Morgan fingerprint density at radius 3 is 2.15 bits per heavy atom. The van der Waals surface area contributed by atoms with E-state index in [1.165, 1.54) is 0 Å². The topological polar surface area (TPSA) is 76.6 Å². The minimum atomic E-state index is -0.807. The minimum absolute atomic E-state index is 0.100. The van der Waals surface area contributed by atoms with Crippen molar-refractivity contribution in [2.45, 2.75) is 12.8 Å². The first-order valence-corrected chi connectivity index (χ1v) is 5.81. The molecule has 0 radical (unpaired) electrons. The first-order chi connectivity index (χ1) is 9.58. The second kappa shape index (κ2) is 7.63. The van der Waals surface area contributed by atoms with Gasteiger partial charge >= 0.3 is 5.97 Å². The Labute approximate surface area is 116 Å². The lowest BCUT2D eigenvalue weighted by Crippen LogP contribution is -2.31. The average Bonchev–Trinajstić information content (AvgIpc) is 2.80. The third-order valence-electron chi connectivity index (χ3n) is 2.30. The van der Waals surface area contributed by atoms with Crippen molar-refractivity contribution in [2.24, 2.45) is 0 Å². The van der Waals surface area contributed by atoms with E-state index < -0.39 is 17.8 Å². The number of aromatic nitrogens is 1. The van der Waals surface area contributed by atoms with E-state index in [1.54, 1.807) is 18.5 Å². The number of hydrogen-bond donors (Lipinski definition) is 0. The fourth-order valence-electron chi connectivity index (χ4n) is 1.28. The summed E-state index contributed by atoms with van der Waals surface area (Å²) < 4.78 is 0. The van der Waals surface area contributed by atoms with Crippen LogP contribution in [0.15, 0.2) is 43.8 Å². The molecule has 0 N–H and O–H groups in total. The summed E-state index contributed by atoms with van der Waals surface area (Å²) in [6, 6.07) is 3.82. The number of imide groups is 1. The standard InChI is InChI=1S/C7H7NO4.C7H7N/c1-2-7(11)12-8-5(9)3-4-6(8)10;1-2-7-3-5-8-6-4-7/h2H,1,3-4H2;2-6H,1H2. The monoisotopic (exact) mass is 274 g/mol. The van der Waals surface area contributed by atoms with Gasteiger partial charge in [-0.05, 0) is 17.7 Å². The lowest BCUT2D eigenvalue weighted by Gasteiger charge is -2.09. The van der Waals surface area contributed by atoms with Crippen molar-refractivity contribution in [1.29, 1.82) is 0 Å². The molecule has 1 aliphatic rings. The van der Waals surface area contributed by atoms with Crippen LogP contribution in [0, 0.1) is 0 Å². The second-order valence-electron chi connectivity index (χ2n) is 3.68. The number of rotatable bonds is 3. The van der Waals surface area contributed by atoms with Gasteiger partial charge in [-0.1, -0.05) is 19.2 Å². The Kier molecular flexibility index (Phi) is 5.83. The maximum atomic E-state index is 10.8. The molecule has 1 aliphatic heterocycles. The summed E-state index contributed by atoms with van der Waals surface area (Å²) in [5, 5.41) is 0.476. The molecule has 0 bridgehead atoms. The van der Waals surface area contributed by atoms with Crippen LogP contribution in [0.4, 0.5) is 0 Å². The molecule has 0 unspecified atom stereocenters. The van der Waals surface area contributed by atoms with Gasteiger partial charge in [0.15, 0.2) is 0 Å². The number of hydrogen-bond acceptors (Lipinski definition) is 5. The quantitative estimate of drug-likeness (QED) is 0.616. The predicted octanol–water partition coefficient (Wildman–Crippen LogP) is 1.50. The van der Waals surface area contributed by atoms with Crippen molar-refractivity contribution in [2.75, 3.05) is 0 Å². The molecule has 1 saturated heterocycles. The average molecular weight is 274 g/mol. The van der Waals surface area contributed by atoms with Crippen LogP contribution >= 0.6 is 0 Å². The highest BCUT2D eigenvalue weighted by molar-refractivity contribution is 6.02. The van der Waals surface area contributed by atoms with Crippen molar-refractivity contribution in [3.05, 3.63) is 49.3 Å². The molecule has 1 fully saturated rings. The molecular formula is C14H14N2O4. The van der Waals surface area contributed by atoms with E-state index in [4.69, 9.17) is 0 Å². The highest BCUT2D eigenvalue weighted by atomic mass is 16.7. The molecule has 0 atom stereocenters. The smallest absolute Gasteiger partial charge is 0.326 e. The number of nitrogens with zero attached hydrogens (tertiary/aromatic N) is 2. The van der Waals surface area contributed by atoms with Gasteiger partial charge in [-0.3, -0.25) is 14.6 Å². The van der Waals surface area contributed by atoms with E-state index in [9.17, 15) is 14.4 Å². The summed E-state index contributed by atoms with van der Waals surface area (Å²) in [5.74, 6) is -1.79. The van der Waals surface area contributed by atoms with E-state index in [-0.39, 0.29) is 12.8 Å². The van der Waals surface area contributed by atoms with Gasteiger partial charge in [-0.25, -0.2) is 4.79 Å². The summed E-state index contributed by atoms with van der Waals surface area (Å²) in [6.45, 7) is 6.73. The van der Waals surface area contributed by atoms with Crippen LogP contribution < -0.4 is 0 Å². The summed E-state index contributed by atoms with van der Waals surface area (Å²) in [7, 11) is 0. The van der Waals surface area contributed by atoms with Gasteiger partial charge in [0, 0.05) is 31.3 Å². The summed E-state index contributed by atoms with van der Waals surface area (Å²) in [6.07, 6.45) is 6.38. The Bertz CT molecular complexity index is 509. The summed E-state index contributed by atoms with van der Waals surface area (Å²) in [5.41, 5.74) is 1.11. The Morgan fingerprint density at radius 2 is 1.75 bits per heavy atom. The van der Waals surface area contributed by atoms with Crippen LogP contribution in [0.2, 0.25) is 0 Å². The molecule has 1 aromatic rings. The molecule has 1 aromatic heterocycles. The van der Waals surface area contributed by atoms with Crippen LogP contribution in [0.3, 0.4) is 0 Å². The molecule has 2 rings (SSSR count). The maximum absolute atomic E-state index is 10.8. The van der Waals surface area contributed by atoms with Gasteiger partial charge in [-0.15, -0.1) is 5.06 Å². The fraction of sp³-hybridized carbons (Fsp3) is 0.143. The zero-order valence-corrected chi connectivity index (χ0v) is 10.8. The van der Waals surface area contributed by atoms with Crippen molar-refractivity contribution in [3.8, 4) is 0 Å². The Morgan fingerprint density at radius 1 is 1.20 bits per heavy atom. The first kappa shape index (κ1) is 15.3. The summed E-state index contributed by atoms with van der Waals surface area (Å²) in [4.78, 5) is 40.4. The van der Waals surface area contributed by atoms with E-state index in [2.05, 4.69) is 23.0 Å². The lowest BCUT2D eigenvalue weighted by molar-refractivity contribution is -0.193. The highest BCUT2D eigenvalue weighted by Crippen LogP contribution is 2.11. The number of carbonyl (C=O) groups excluding carboxylic acids is 3. The van der Waals surface area contributed by atoms with Gasteiger partial charge in [0.1, 0.15) is 0 Å². The normalized spacial score (nSPS) is 13.3. The lowest BCUT2D eigenvalue weighted by atomic mass is 10.3. The molecule has 2 heterocycles. The number of pyridine rings is 1. The SMILES string of the molecule is C=CC(=O)ON1C(=O)CCC1=O.C=Cc1ccncc1. The third kappa shape index (κ3) is 4.49. The van der Waals surface area contributed by atoms with Crippen LogP contribution in [0.25, 0.3) is 6.08 Å². The fourth-order valence-corrected chi connectivity index (χ4v) is 1.28. The largest absolute Gasteiger partial charge is 0.356 e. The van der Waals surface area contributed by atoms with E-state index in [1.807, 2.05) is 12.1 Å². The number of carbonyl (C=O) groups is 3. The Balaban J connectivity index is 0.000000217. The molecule has 2 amide bonds. The minimum Gasteiger partial charge on any atom is -0.326 e. The van der Waals surface area contributed by atoms with Crippen molar-refractivity contribution < 1.29 is 19.2 Å². The van der Waals surface area contributed by atoms with Gasteiger partial charge < -0.3 is 4.84 Å². The first-order valence-electron chi connectivity index (χ1n) is 5.81.